The Bertz CT molecular complexity index is 1310. The molecule has 0 radical (unpaired) electrons. The molecule has 4 aromatic rings. The van der Waals surface area contributed by atoms with Gasteiger partial charge in [0, 0.05) is 10.8 Å². The molecule has 0 unspecified atom stereocenters. The summed E-state index contributed by atoms with van der Waals surface area (Å²) in [5, 5.41) is 40.4. The van der Waals surface area contributed by atoms with Gasteiger partial charge in [-0.3, -0.25) is 0 Å². The van der Waals surface area contributed by atoms with Crippen molar-refractivity contribution in [1.82, 2.24) is 0 Å². The van der Waals surface area contributed by atoms with Gasteiger partial charge in [0.25, 0.3) is 0 Å². The maximum Gasteiger partial charge on any atom is 0.134 e. The predicted octanol–water partition coefficient (Wildman–Crippen LogP) is 8.77. The molecule has 0 bridgehead atoms. The predicted molar refractivity (Wildman–Crippen MR) is 150 cm³/mol. The first-order valence-corrected chi connectivity index (χ1v) is 12.9. The van der Waals surface area contributed by atoms with E-state index < -0.39 is 17.0 Å². The molecule has 4 rings (SSSR count). The first-order valence-electron chi connectivity index (χ1n) is 11.4. The van der Waals surface area contributed by atoms with Crippen molar-refractivity contribution < 1.29 is 24.8 Å². The van der Waals surface area contributed by atoms with Crippen LogP contribution in [0.15, 0.2) is 72.8 Å². The lowest BCUT2D eigenvalue weighted by molar-refractivity contribution is 0.155. The normalized spacial score (nSPS) is 12.2. The Morgan fingerprint density at radius 2 is 0.711 bits per heavy atom. The van der Waals surface area contributed by atoms with Gasteiger partial charge in [0.05, 0.1) is 20.1 Å². The number of halogens is 5. The second-order valence-electron chi connectivity index (χ2n) is 9.43. The highest BCUT2D eigenvalue weighted by atomic mass is 35.5. The van der Waals surface area contributed by atoms with Crippen LogP contribution >= 0.6 is 46.4 Å². The fourth-order valence-electron chi connectivity index (χ4n) is 4.82. The van der Waals surface area contributed by atoms with E-state index in [4.69, 9.17) is 46.4 Å². The number of benzene rings is 4. The van der Waals surface area contributed by atoms with E-state index in [1.54, 1.807) is 38.1 Å². The van der Waals surface area contributed by atoms with Crippen LogP contribution in [0, 0.1) is 0 Å². The van der Waals surface area contributed by atoms with Crippen molar-refractivity contribution in [2.45, 2.75) is 30.8 Å². The monoisotopic (exact) mass is 594 g/mol. The smallest absolute Gasteiger partial charge is 0.134 e. The van der Waals surface area contributed by atoms with Crippen LogP contribution in [0.1, 0.15) is 36.1 Å². The molecular formula is C29H23Cl4FO4. The summed E-state index contributed by atoms with van der Waals surface area (Å²) in [5.41, 5.74) is -1.33. The average molecular weight is 596 g/mol. The van der Waals surface area contributed by atoms with Crippen LogP contribution in [-0.4, -0.2) is 26.6 Å². The molecule has 38 heavy (non-hydrogen) atoms. The maximum absolute atomic E-state index is 17.7. The summed E-state index contributed by atoms with van der Waals surface area (Å²) in [7, 11) is 0. The van der Waals surface area contributed by atoms with Gasteiger partial charge in [-0.05, 0) is 84.6 Å². The van der Waals surface area contributed by atoms with Gasteiger partial charge in [0.15, 0.2) is 0 Å². The number of phenolic OH excluding ortho intramolecular Hbond substituents is 4. The molecule has 0 amide bonds. The second-order valence-corrected chi connectivity index (χ2v) is 11.1. The summed E-state index contributed by atoms with van der Waals surface area (Å²) in [6, 6.07) is 17.6. The molecule has 0 aliphatic heterocycles. The Kier molecular flexibility index (Phi) is 7.70. The lowest BCUT2D eigenvalue weighted by atomic mass is 9.60. The van der Waals surface area contributed by atoms with Gasteiger partial charge in [-0.15, -0.1) is 0 Å². The zero-order chi connectivity index (χ0) is 28.0. The SMILES string of the molecule is CC(c1ccc(O)c(Cl)c1)(c1ccc(O)c(Cl)c1)C(F)C(C)(c1ccc(O)c(Cl)c1)c1ccc(O)c(Cl)c1. The summed E-state index contributed by atoms with van der Waals surface area (Å²) >= 11 is 25.1. The summed E-state index contributed by atoms with van der Waals surface area (Å²) < 4.78 is 17.7. The van der Waals surface area contributed by atoms with Crippen molar-refractivity contribution in [3.8, 4) is 23.0 Å². The van der Waals surface area contributed by atoms with Crippen LogP contribution in [0.4, 0.5) is 4.39 Å². The highest BCUT2D eigenvalue weighted by Gasteiger charge is 2.51. The van der Waals surface area contributed by atoms with Gasteiger partial charge in [0.1, 0.15) is 29.2 Å². The molecular weight excluding hydrogens is 573 g/mol. The van der Waals surface area contributed by atoms with E-state index in [1.165, 1.54) is 48.5 Å². The van der Waals surface area contributed by atoms with Crippen LogP contribution in [0.25, 0.3) is 0 Å². The van der Waals surface area contributed by atoms with E-state index in [0.29, 0.717) is 22.3 Å². The number of hydrogen-bond acceptors (Lipinski definition) is 4. The Morgan fingerprint density at radius 3 is 0.895 bits per heavy atom. The van der Waals surface area contributed by atoms with E-state index in [0.717, 1.165) is 0 Å². The summed E-state index contributed by atoms with van der Waals surface area (Å²) in [5.74, 6) is -0.684. The lowest BCUT2D eigenvalue weighted by Crippen LogP contribution is -2.49. The van der Waals surface area contributed by atoms with Crippen molar-refractivity contribution in [3.63, 3.8) is 0 Å². The van der Waals surface area contributed by atoms with E-state index in [1.807, 2.05) is 0 Å². The van der Waals surface area contributed by atoms with Crippen LogP contribution in [0.2, 0.25) is 20.1 Å². The van der Waals surface area contributed by atoms with Crippen LogP contribution in [-0.2, 0) is 10.8 Å². The summed E-state index contributed by atoms with van der Waals surface area (Å²) in [6.07, 6.45) is -1.81. The van der Waals surface area contributed by atoms with E-state index in [2.05, 4.69) is 0 Å². The number of alkyl halides is 1. The number of aromatic hydroxyl groups is 4. The molecule has 198 valence electrons. The molecule has 4 aromatic carbocycles. The Balaban J connectivity index is 2.07. The second kappa shape index (κ2) is 10.4. The number of phenols is 4. The van der Waals surface area contributed by atoms with Crippen LogP contribution < -0.4 is 0 Å². The van der Waals surface area contributed by atoms with Gasteiger partial charge < -0.3 is 20.4 Å². The van der Waals surface area contributed by atoms with Gasteiger partial charge in [-0.25, -0.2) is 4.39 Å². The molecule has 4 nitrogen and oxygen atoms in total. The zero-order valence-electron chi connectivity index (χ0n) is 20.2. The molecule has 0 saturated heterocycles. The van der Waals surface area contributed by atoms with Crippen LogP contribution in [0.5, 0.6) is 23.0 Å². The largest absolute Gasteiger partial charge is 0.506 e. The fourth-order valence-corrected chi connectivity index (χ4v) is 5.54. The molecule has 4 N–H and O–H groups in total. The van der Waals surface area contributed by atoms with E-state index in [9.17, 15) is 20.4 Å². The molecule has 0 spiro atoms. The minimum absolute atomic E-state index is 0.0212. The van der Waals surface area contributed by atoms with Crippen molar-refractivity contribution in [3.05, 3.63) is 115 Å². The third-order valence-corrected chi connectivity index (χ3v) is 8.41. The third kappa shape index (κ3) is 4.73. The quantitative estimate of drug-likeness (QED) is 0.180. The average Bonchev–Trinajstić information content (AvgIpc) is 2.89. The molecule has 0 heterocycles. The third-order valence-electron chi connectivity index (χ3n) is 7.20. The van der Waals surface area contributed by atoms with Gasteiger partial charge in [-0.1, -0.05) is 70.7 Å². The highest BCUT2D eigenvalue weighted by molar-refractivity contribution is 6.33. The Morgan fingerprint density at radius 1 is 0.500 bits per heavy atom. The van der Waals surface area contributed by atoms with E-state index >= 15 is 4.39 Å². The Hall–Kier alpha value is -2.83. The van der Waals surface area contributed by atoms with Crippen molar-refractivity contribution in [1.29, 1.82) is 0 Å². The maximum atomic E-state index is 17.7. The minimum Gasteiger partial charge on any atom is -0.506 e. The molecule has 0 aliphatic carbocycles. The van der Waals surface area contributed by atoms with E-state index in [-0.39, 0.29) is 43.1 Å². The summed E-state index contributed by atoms with van der Waals surface area (Å²) in [6.45, 7) is 3.32. The standard InChI is InChI=1S/C29H23Cl4FO4/c1-28(15-3-7-23(35)19(30)11-15,16-4-8-24(36)20(31)12-16)27(34)29(2,17-5-9-25(37)21(32)13-17)18-6-10-26(38)22(33)14-18/h3-14,27,35-38H,1-2H3. The first kappa shape index (κ1) is 28.2. The van der Waals surface area contributed by atoms with Crippen molar-refractivity contribution in [2.24, 2.45) is 0 Å². The van der Waals surface area contributed by atoms with Gasteiger partial charge >= 0.3 is 0 Å². The zero-order valence-corrected chi connectivity index (χ0v) is 23.2. The van der Waals surface area contributed by atoms with Crippen LogP contribution in [0.3, 0.4) is 0 Å². The lowest BCUT2D eigenvalue weighted by Gasteiger charge is -2.45. The van der Waals surface area contributed by atoms with Gasteiger partial charge in [-0.2, -0.15) is 0 Å². The molecule has 0 aromatic heterocycles. The van der Waals surface area contributed by atoms with Gasteiger partial charge in [0.2, 0.25) is 0 Å². The minimum atomic E-state index is -1.81. The fraction of sp³-hybridized carbons (Fsp3) is 0.172. The molecule has 0 saturated carbocycles. The highest BCUT2D eigenvalue weighted by Crippen LogP contribution is 2.51. The molecule has 0 aliphatic rings. The van der Waals surface area contributed by atoms with Crippen molar-refractivity contribution in [2.75, 3.05) is 0 Å². The molecule has 0 atom stereocenters. The topological polar surface area (TPSA) is 80.9 Å². The Labute approximate surface area is 239 Å². The summed E-state index contributed by atoms with van der Waals surface area (Å²) in [4.78, 5) is 0. The molecule has 9 heteroatoms. The molecule has 0 fully saturated rings. The first-order chi connectivity index (χ1) is 17.8. The van der Waals surface area contributed by atoms with Crippen molar-refractivity contribution >= 4 is 46.4 Å². The number of hydrogen-bond donors (Lipinski definition) is 4. The number of rotatable bonds is 6.